The van der Waals surface area contributed by atoms with Crippen LogP contribution >= 0.6 is 15.9 Å². The van der Waals surface area contributed by atoms with Crippen molar-refractivity contribution in [1.29, 1.82) is 0 Å². The molecular formula is C9H19BrO2S. The van der Waals surface area contributed by atoms with Crippen molar-refractivity contribution in [2.75, 3.05) is 5.75 Å². The Labute approximate surface area is 90.2 Å². The van der Waals surface area contributed by atoms with Gasteiger partial charge < -0.3 is 0 Å². The molecule has 0 saturated carbocycles. The SMILES string of the molecule is CC(Br)C(C)CCS(=O)(=O)C(C)C. The van der Waals surface area contributed by atoms with Gasteiger partial charge in [0.05, 0.1) is 11.0 Å². The van der Waals surface area contributed by atoms with Crippen molar-refractivity contribution in [3.63, 3.8) is 0 Å². The molecular weight excluding hydrogens is 252 g/mol. The van der Waals surface area contributed by atoms with Gasteiger partial charge in [-0.2, -0.15) is 0 Å². The van der Waals surface area contributed by atoms with Crippen LogP contribution in [0.25, 0.3) is 0 Å². The first-order chi connectivity index (χ1) is 5.77. The van der Waals surface area contributed by atoms with E-state index in [9.17, 15) is 8.42 Å². The van der Waals surface area contributed by atoms with E-state index in [0.29, 0.717) is 16.5 Å². The van der Waals surface area contributed by atoms with Crippen LogP contribution in [0, 0.1) is 5.92 Å². The normalized spacial score (nSPS) is 17.4. The van der Waals surface area contributed by atoms with Gasteiger partial charge in [0.25, 0.3) is 0 Å². The van der Waals surface area contributed by atoms with Crippen molar-refractivity contribution >= 4 is 25.8 Å². The molecule has 0 bridgehead atoms. The second kappa shape index (κ2) is 5.35. The van der Waals surface area contributed by atoms with Gasteiger partial charge in [-0.25, -0.2) is 8.42 Å². The van der Waals surface area contributed by atoms with Crippen LogP contribution in [0.3, 0.4) is 0 Å². The van der Waals surface area contributed by atoms with Crippen LogP contribution in [0.1, 0.15) is 34.1 Å². The molecule has 0 spiro atoms. The Kier molecular flexibility index (Phi) is 5.52. The van der Waals surface area contributed by atoms with Gasteiger partial charge in [0.15, 0.2) is 9.84 Å². The fraction of sp³-hybridized carbons (Fsp3) is 1.00. The summed E-state index contributed by atoms with van der Waals surface area (Å²) in [6.45, 7) is 7.58. The lowest BCUT2D eigenvalue weighted by molar-refractivity contribution is 0.542. The van der Waals surface area contributed by atoms with Gasteiger partial charge in [0.1, 0.15) is 0 Å². The maximum atomic E-state index is 11.4. The highest BCUT2D eigenvalue weighted by atomic mass is 79.9. The van der Waals surface area contributed by atoms with E-state index in [4.69, 9.17) is 0 Å². The summed E-state index contributed by atoms with van der Waals surface area (Å²) in [5.41, 5.74) is 0. The van der Waals surface area contributed by atoms with Crippen molar-refractivity contribution < 1.29 is 8.42 Å². The van der Waals surface area contributed by atoms with Crippen molar-refractivity contribution in [3.05, 3.63) is 0 Å². The Morgan fingerprint density at radius 2 is 1.62 bits per heavy atom. The topological polar surface area (TPSA) is 34.1 Å². The summed E-state index contributed by atoms with van der Waals surface area (Å²) in [5, 5.41) is -0.245. The molecule has 0 N–H and O–H groups in total. The molecule has 0 heterocycles. The minimum Gasteiger partial charge on any atom is -0.229 e. The maximum absolute atomic E-state index is 11.4. The number of sulfone groups is 1. The van der Waals surface area contributed by atoms with Crippen molar-refractivity contribution in [2.24, 2.45) is 5.92 Å². The molecule has 0 aromatic heterocycles. The molecule has 0 aromatic rings. The highest BCUT2D eigenvalue weighted by molar-refractivity contribution is 9.09. The summed E-state index contributed by atoms with van der Waals surface area (Å²) < 4.78 is 22.9. The van der Waals surface area contributed by atoms with Crippen LogP contribution in [0.4, 0.5) is 0 Å². The van der Waals surface area contributed by atoms with Crippen LogP contribution in [0.15, 0.2) is 0 Å². The molecule has 0 amide bonds. The van der Waals surface area contributed by atoms with Crippen LogP contribution in [0.5, 0.6) is 0 Å². The van der Waals surface area contributed by atoms with Gasteiger partial charge in [0, 0.05) is 4.83 Å². The van der Waals surface area contributed by atoms with Crippen LogP contribution in [0.2, 0.25) is 0 Å². The smallest absolute Gasteiger partial charge is 0.152 e. The van der Waals surface area contributed by atoms with Gasteiger partial charge in [0.2, 0.25) is 0 Å². The zero-order valence-corrected chi connectivity index (χ0v) is 11.2. The van der Waals surface area contributed by atoms with E-state index in [2.05, 4.69) is 22.9 Å². The Balaban J connectivity index is 4.04. The summed E-state index contributed by atoms with van der Waals surface area (Å²) in [5.74, 6) is 0.718. The van der Waals surface area contributed by atoms with Crippen LogP contribution in [-0.2, 0) is 9.84 Å². The summed E-state index contributed by atoms with van der Waals surface area (Å²) in [7, 11) is -2.85. The lowest BCUT2D eigenvalue weighted by Gasteiger charge is -2.14. The zero-order chi connectivity index (χ0) is 10.6. The Morgan fingerprint density at radius 3 is 1.92 bits per heavy atom. The number of hydrogen-bond donors (Lipinski definition) is 0. The number of alkyl halides is 1. The zero-order valence-electron chi connectivity index (χ0n) is 8.75. The highest BCUT2D eigenvalue weighted by Gasteiger charge is 2.18. The van der Waals surface area contributed by atoms with Crippen molar-refractivity contribution in [2.45, 2.75) is 44.2 Å². The van der Waals surface area contributed by atoms with Crippen molar-refractivity contribution in [1.82, 2.24) is 0 Å². The molecule has 0 fully saturated rings. The molecule has 2 unspecified atom stereocenters. The Morgan fingerprint density at radius 1 is 1.15 bits per heavy atom. The second-order valence-electron chi connectivity index (χ2n) is 3.86. The first-order valence-electron chi connectivity index (χ1n) is 4.63. The van der Waals surface area contributed by atoms with E-state index >= 15 is 0 Å². The number of hydrogen-bond acceptors (Lipinski definition) is 2. The first kappa shape index (κ1) is 13.4. The third kappa shape index (κ3) is 5.01. The summed E-state index contributed by atoms with van der Waals surface area (Å²) in [4.78, 5) is 0.384. The molecule has 0 rings (SSSR count). The highest BCUT2D eigenvalue weighted by Crippen LogP contribution is 2.17. The standard InChI is InChI=1S/C9H19BrO2S/c1-7(2)13(11,12)6-5-8(3)9(4)10/h7-9H,5-6H2,1-4H3. The third-order valence-electron chi connectivity index (χ3n) is 2.36. The average Bonchev–Trinajstić information content (AvgIpc) is 1.99. The van der Waals surface area contributed by atoms with Crippen LogP contribution in [-0.4, -0.2) is 24.2 Å². The molecule has 0 radical (unpaired) electrons. The second-order valence-corrected chi connectivity index (χ2v) is 7.98. The largest absolute Gasteiger partial charge is 0.229 e. The maximum Gasteiger partial charge on any atom is 0.152 e. The lowest BCUT2D eigenvalue weighted by atomic mass is 10.1. The average molecular weight is 271 g/mol. The number of halogens is 1. The van der Waals surface area contributed by atoms with Crippen LogP contribution < -0.4 is 0 Å². The molecule has 0 aliphatic carbocycles. The number of rotatable bonds is 5. The predicted molar refractivity (Wildman–Crippen MR) is 61.1 cm³/mol. The fourth-order valence-corrected chi connectivity index (χ4v) is 2.25. The first-order valence-corrected chi connectivity index (χ1v) is 7.26. The molecule has 80 valence electrons. The minimum atomic E-state index is -2.85. The third-order valence-corrected chi connectivity index (χ3v) is 5.50. The van der Waals surface area contributed by atoms with E-state index in [1.54, 1.807) is 13.8 Å². The van der Waals surface area contributed by atoms with Gasteiger partial charge >= 0.3 is 0 Å². The molecule has 4 heteroatoms. The van der Waals surface area contributed by atoms with E-state index in [1.807, 2.05) is 6.92 Å². The molecule has 13 heavy (non-hydrogen) atoms. The Hall–Kier alpha value is 0.430. The summed E-state index contributed by atoms with van der Waals surface area (Å²) in [6.07, 6.45) is 0.743. The predicted octanol–water partition coefficient (Wildman–Crippen LogP) is 2.62. The van der Waals surface area contributed by atoms with E-state index in [-0.39, 0.29) is 5.25 Å². The minimum absolute atomic E-state index is 0.245. The van der Waals surface area contributed by atoms with Gasteiger partial charge in [-0.1, -0.05) is 29.8 Å². The quantitative estimate of drug-likeness (QED) is 0.720. The fourth-order valence-electron chi connectivity index (χ4n) is 0.816. The van der Waals surface area contributed by atoms with Gasteiger partial charge in [-0.15, -0.1) is 0 Å². The van der Waals surface area contributed by atoms with Gasteiger partial charge in [-0.05, 0) is 26.2 Å². The van der Waals surface area contributed by atoms with Crippen molar-refractivity contribution in [3.8, 4) is 0 Å². The summed E-state index contributed by atoms with van der Waals surface area (Å²) in [6, 6.07) is 0. The molecule has 0 aliphatic rings. The van der Waals surface area contributed by atoms with E-state index in [0.717, 1.165) is 6.42 Å². The molecule has 0 aromatic carbocycles. The molecule has 2 atom stereocenters. The van der Waals surface area contributed by atoms with Gasteiger partial charge in [-0.3, -0.25) is 0 Å². The van der Waals surface area contributed by atoms with E-state index < -0.39 is 9.84 Å². The molecule has 0 aliphatic heterocycles. The molecule has 0 saturated heterocycles. The Bertz CT molecular complexity index is 232. The van der Waals surface area contributed by atoms with E-state index in [1.165, 1.54) is 0 Å². The monoisotopic (exact) mass is 270 g/mol. The lowest BCUT2D eigenvalue weighted by Crippen LogP contribution is -2.20. The molecule has 2 nitrogen and oxygen atoms in total. The summed E-state index contributed by atoms with van der Waals surface area (Å²) >= 11 is 3.45.